The highest BCUT2D eigenvalue weighted by Gasteiger charge is 2.38. The van der Waals surface area contributed by atoms with E-state index in [9.17, 15) is 29.0 Å². The van der Waals surface area contributed by atoms with Gasteiger partial charge in [-0.25, -0.2) is 14.0 Å². The molecule has 0 saturated carbocycles. The van der Waals surface area contributed by atoms with Gasteiger partial charge in [-0.15, -0.1) is 0 Å². The predicted molar refractivity (Wildman–Crippen MR) is 146 cm³/mol. The molecule has 3 aromatic carbocycles. The highest BCUT2D eigenvalue weighted by Crippen LogP contribution is 2.31. The molecule has 3 aromatic rings. The van der Waals surface area contributed by atoms with Gasteiger partial charge in [-0.2, -0.15) is 0 Å². The van der Waals surface area contributed by atoms with Crippen LogP contribution in [-0.4, -0.2) is 47.1 Å². The highest BCUT2D eigenvalue weighted by molar-refractivity contribution is 6.11. The first-order valence-corrected chi connectivity index (χ1v) is 12.4. The van der Waals surface area contributed by atoms with Crippen LogP contribution >= 0.6 is 0 Å². The van der Waals surface area contributed by atoms with Crippen molar-refractivity contribution in [3.05, 3.63) is 82.7 Å². The molecule has 0 fully saturated rings. The Kier molecular flexibility index (Phi) is 9.39. The zero-order valence-electron chi connectivity index (χ0n) is 22.2. The minimum atomic E-state index is -2.66. The van der Waals surface area contributed by atoms with Crippen molar-refractivity contribution in [2.75, 3.05) is 23.8 Å². The van der Waals surface area contributed by atoms with Gasteiger partial charge < -0.3 is 30.9 Å². The molecule has 0 aliphatic heterocycles. The van der Waals surface area contributed by atoms with Gasteiger partial charge in [0.2, 0.25) is 5.72 Å². The molecule has 0 aromatic heterocycles. The van der Waals surface area contributed by atoms with Crippen LogP contribution in [-0.2, 0) is 9.53 Å². The first kappa shape index (κ1) is 29.3. The van der Waals surface area contributed by atoms with E-state index in [0.29, 0.717) is 11.3 Å². The van der Waals surface area contributed by atoms with Crippen molar-refractivity contribution in [2.24, 2.45) is 0 Å². The molecule has 0 bridgehead atoms. The maximum Gasteiger partial charge on any atom is 0.357 e. The molecule has 10 heteroatoms. The summed E-state index contributed by atoms with van der Waals surface area (Å²) in [5, 5.41) is 28.0. The minimum Gasteiger partial charge on any atom is -0.478 e. The van der Waals surface area contributed by atoms with Crippen molar-refractivity contribution in [3.8, 4) is 11.1 Å². The fraction of sp³-hybridized carbons (Fsp3) is 0.276. The fourth-order valence-electron chi connectivity index (χ4n) is 4.28. The molecule has 206 valence electrons. The molecule has 5 N–H and O–H groups in total. The van der Waals surface area contributed by atoms with Gasteiger partial charge in [0.25, 0.3) is 5.91 Å². The van der Waals surface area contributed by atoms with Gasteiger partial charge in [-0.3, -0.25) is 4.79 Å². The number of nitrogens with one attached hydrogen (secondary N) is 3. The third-order valence-corrected chi connectivity index (χ3v) is 6.08. The van der Waals surface area contributed by atoms with Crippen molar-refractivity contribution < 1.29 is 33.7 Å². The molecular weight excluding hydrogens is 505 g/mol. The van der Waals surface area contributed by atoms with Crippen LogP contribution in [0.4, 0.5) is 20.6 Å². The minimum absolute atomic E-state index is 0.0201. The number of aryl methyl sites for hydroxylation is 3. The van der Waals surface area contributed by atoms with Gasteiger partial charge in [0, 0.05) is 18.7 Å². The van der Waals surface area contributed by atoms with Crippen molar-refractivity contribution in [2.45, 2.75) is 39.8 Å². The van der Waals surface area contributed by atoms with Crippen LogP contribution in [0.3, 0.4) is 0 Å². The van der Waals surface area contributed by atoms with Crippen LogP contribution in [0.1, 0.15) is 40.4 Å². The lowest BCUT2D eigenvalue weighted by Crippen LogP contribution is -2.55. The second-order valence-electron chi connectivity index (χ2n) is 9.16. The first-order valence-electron chi connectivity index (χ1n) is 12.4. The Morgan fingerprint density at radius 3 is 2.26 bits per heavy atom. The lowest BCUT2D eigenvalue weighted by molar-refractivity contribution is -0.163. The van der Waals surface area contributed by atoms with Crippen molar-refractivity contribution in [3.63, 3.8) is 0 Å². The summed E-state index contributed by atoms with van der Waals surface area (Å²) in [7, 11) is 0. The van der Waals surface area contributed by atoms with Crippen molar-refractivity contribution in [1.82, 2.24) is 5.32 Å². The summed E-state index contributed by atoms with van der Waals surface area (Å²) in [6, 6.07) is 13.2. The highest BCUT2D eigenvalue weighted by atomic mass is 19.1. The van der Waals surface area contributed by atoms with Crippen LogP contribution in [0.2, 0.25) is 0 Å². The topological polar surface area (TPSA) is 137 Å². The lowest BCUT2D eigenvalue weighted by Gasteiger charge is -2.26. The van der Waals surface area contributed by atoms with Gasteiger partial charge in [-0.1, -0.05) is 42.0 Å². The summed E-state index contributed by atoms with van der Waals surface area (Å²) >= 11 is 0. The Balaban J connectivity index is 2.03. The summed E-state index contributed by atoms with van der Waals surface area (Å²) in [6.45, 7) is 7.51. The summed E-state index contributed by atoms with van der Waals surface area (Å²) in [5.41, 5.74) is 1.04. The molecule has 0 heterocycles. The summed E-state index contributed by atoms with van der Waals surface area (Å²) in [5.74, 6) is -3.23. The third-order valence-electron chi connectivity index (χ3n) is 6.08. The standard InChI is InChI=1S/C29H32FN3O6/c1-5-39-13-12-29(38,27(35)36)33-26(34)24-22(20-8-6-9-21(30)16-20)10-7-11-23(24)31-28(37)32-25-18(3)14-17(2)15-19(25)4/h6-11,14-16,38H,5,12-13H2,1-4H3,(H,33,34)(H,35,36)(H2,31,32,37)/t29-/m0/s1. The second-order valence-corrected chi connectivity index (χ2v) is 9.16. The largest absolute Gasteiger partial charge is 0.478 e. The quantitative estimate of drug-likeness (QED) is 0.183. The van der Waals surface area contributed by atoms with Crippen molar-refractivity contribution >= 4 is 29.3 Å². The zero-order chi connectivity index (χ0) is 28.7. The average Bonchev–Trinajstić information content (AvgIpc) is 2.86. The monoisotopic (exact) mass is 537 g/mol. The lowest BCUT2D eigenvalue weighted by atomic mass is 9.96. The Bertz CT molecular complexity index is 1370. The maximum atomic E-state index is 14.1. The SMILES string of the molecule is CCOCC[C@@](O)(NC(=O)c1c(NC(=O)Nc2c(C)cc(C)cc2C)cccc1-c1cccc(F)c1)C(=O)O. The number of aliphatic hydroxyl groups is 1. The Morgan fingerprint density at radius 2 is 1.64 bits per heavy atom. The van der Waals surface area contributed by atoms with E-state index in [1.54, 1.807) is 19.1 Å². The number of rotatable bonds is 10. The average molecular weight is 538 g/mol. The second kappa shape index (κ2) is 12.5. The number of hydrogen-bond acceptors (Lipinski definition) is 5. The van der Waals surface area contributed by atoms with Gasteiger partial charge in [0.05, 0.1) is 17.9 Å². The molecular formula is C29H32FN3O6. The summed E-state index contributed by atoms with van der Waals surface area (Å²) in [4.78, 5) is 38.5. The number of carboxylic acids is 1. The Hall–Kier alpha value is -4.28. The van der Waals surface area contributed by atoms with E-state index < -0.39 is 35.9 Å². The number of ether oxygens (including phenoxy) is 1. The first-order chi connectivity index (χ1) is 18.4. The van der Waals surface area contributed by atoms with Gasteiger partial charge in [-0.05, 0) is 68.1 Å². The smallest absolute Gasteiger partial charge is 0.357 e. The molecule has 0 radical (unpaired) electrons. The molecule has 9 nitrogen and oxygen atoms in total. The number of anilines is 2. The van der Waals surface area contributed by atoms with Crippen LogP contribution < -0.4 is 16.0 Å². The maximum absolute atomic E-state index is 14.1. The van der Waals surface area contributed by atoms with Crippen LogP contribution in [0.15, 0.2) is 54.6 Å². The number of aliphatic carboxylic acids is 1. The normalized spacial score (nSPS) is 12.4. The molecule has 0 saturated heterocycles. The number of carboxylic acid groups (broad SMARTS) is 1. The predicted octanol–water partition coefficient (Wildman–Crippen LogP) is 4.99. The van der Waals surface area contributed by atoms with E-state index in [0.717, 1.165) is 16.7 Å². The molecule has 0 spiro atoms. The summed E-state index contributed by atoms with van der Waals surface area (Å²) in [6.07, 6.45) is -0.431. The number of carbonyl (C=O) groups is 3. The molecule has 39 heavy (non-hydrogen) atoms. The van der Waals surface area contributed by atoms with Crippen LogP contribution in [0, 0.1) is 26.6 Å². The molecule has 0 aliphatic carbocycles. The molecule has 0 unspecified atom stereocenters. The third kappa shape index (κ3) is 7.18. The van der Waals surface area contributed by atoms with E-state index in [1.807, 2.05) is 32.9 Å². The molecule has 0 aliphatic rings. The number of carbonyl (C=O) groups excluding carboxylic acids is 2. The van der Waals surface area contributed by atoms with Gasteiger partial charge in [0.1, 0.15) is 5.82 Å². The number of halogens is 1. The summed E-state index contributed by atoms with van der Waals surface area (Å²) < 4.78 is 19.2. The van der Waals surface area contributed by atoms with Gasteiger partial charge >= 0.3 is 12.0 Å². The van der Waals surface area contributed by atoms with Crippen molar-refractivity contribution in [1.29, 1.82) is 0 Å². The Morgan fingerprint density at radius 1 is 0.974 bits per heavy atom. The van der Waals surface area contributed by atoms with Crippen LogP contribution in [0.5, 0.6) is 0 Å². The zero-order valence-corrected chi connectivity index (χ0v) is 22.2. The van der Waals surface area contributed by atoms with E-state index in [2.05, 4.69) is 16.0 Å². The van der Waals surface area contributed by atoms with E-state index in [1.165, 1.54) is 30.3 Å². The Labute approximate surface area is 226 Å². The number of urea groups is 1. The fourth-order valence-corrected chi connectivity index (χ4v) is 4.28. The number of hydrogen-bond donors (Lipinski definition) is 5. The number of amides is 3. The number of benzene rings is 3. The van der Waals surface area contributed by atoms with E-state index in [-0.39, 0.29) is 30.0 Å². The molecule has 3 amide bonds. The van der Waals surface area contributed by atoms with E-state index >= 15 is 0 Å². The molecule has 3 rings (SSSR count). The van der Waals surface area contributed by atoms with Gasteiger partial charge in [0.15, 0.2) is 0 Å². The van der Waals surface area contributed by atoms with E-state index in [4.69, 9.17) is 4.74 Å². The molecule has 1 atom stereocenters. The van der Waals surface area contributed by atoms with Crippen LogP contribution in [0.25, 0.3) is 11.1 Å².